The summed E-state index contributed by atoms with van der Waals surface area (Å²) in [6.45, 7) is 1.17. The molecule has 0 spiro atoms. The quantitative estimate of drug-likeness (QED) is 0.738. The molecule has 0 radical (unpaired) electrons. The van der Waals surface area contributed by atoms with Crippen LogP contribution in [-0.4, -0.2) is 30.0 Å². The minimum absolute atomic E-state index is 0.137. The summed E-state index contributed by atoms with van der Waals surface area (Å²) in [5.41, 5.74) is 1.46. The number of aromatic amines is 1. The Labute approximate surface area is 135 Å². The lowest BCUT2D eigenvalue weighted by atomic mass is 10.0. The van der Waals surface area contributed by atoms with Crippen LogP contribution in [0, 0.1) is 0 Å². The zero-order chi connectivity index (χ0) is 16.1. The van der Waals surface area contributed by atoms with E-state index in [1.165, 1.54) is 0 Å². The molecule has 0 saturated heterocycles. The zero-order valence-electron chi connectivity index (χ0n) is 12.5. The fourth-order valence-electron chi connectivity index (χ4n) is 3.00. The normalized spacial score (nSPS) is 14.8. The van der Waals surface area contributed by atoms with E-state index in [4.69, 9.17) is 18.9 Å². The van der Waals surface area contributed by atoms with Gasteiger partial charge in [-0.1, -0.05) is 0 Å². The molecule has 5 rings (SSSR count). The predicted octanol–water partition coefficient (Wildman–Crippen LogP) is 2.09. The van der Waals surface area contributed by atoms with Gasteiger partial charge in [0.25, 0.3) is 0 Å². The Balaban J connectivity index is 1.76. The molecule has 0 amide bonds. The largest absolute Gasteiger partial charge is 0.486 e. The van der Waals surface area contributed by atoms with Crippen LogP contribution < -0.4 is 24.6 Å². The summed E-state index contributed by atoms with van der Waals surface area (Å²) in [6.07, 6.45) is 0. The molecule has 2 aliphatic heterocycles. The lowest BCUT2D eigenvalue weighted by Gasteiger charge is -2.19. The van der Waals surface area contributed by atoms with Gasteiger partial charge in [-0.15, -0.1) is 0 Å². The van der Waals surface area contributed by atoms with Gasteiger partial charge in [0.1, 0.15) is 13.2 Å². The molecule has 7 nitrogen and oxygen atoms in total. The van der Waals surface area contributed by atoms with Crippen molar-refractivity contribution in [1.82, 2.24) is 9.97 Å². The van der Waals surface area contributed by atoms with Crippen molar-refractivity contribution >= 4 is 10.9 Å². The van der Waals surface area contributed by atoms with E-state index in [1.54, 1.807) is 0 Å². The summed E-state index contributed by atoms with van der Waals surface area (Å²) in [5, 5.41) is 0.774. The summed E-state index contributed by atoms with van der Waals surface area (Å²) in [6, 6.07) is 9.19. The standard InChI is InChI=1S/C17H12N2O5/c20-17-18-14(9-1-3-11-13(7-9)22-6-5-21-11)10-2-4-12-16(15(10)19-17)24-8-23-12/h1-4,7H,5-6,8H2,(H,18,19,20). The average Bonchev–Trinajstić information content (AvgIpc) is 3.10. The molecular formula is C17H12N2O5. The first-order chi connectivity index (χ1) is 11.8. The molecule has 0 fully saturated rings. The van der Waals surface area contributed by atoms with Crippen LogP contribution in [0.5, 0.6) is 23.0 Å². The number of hydrogen-bond donors (Lipinski definition) is 1. The first-order valence-corrected chi connectivity index (χ1v) is 7.52. The van der Waals surface area contributed by atoms with Crippen molar-refractivity contribution in [1.29, 1.82) is 0 Å². The molecule has 24 heavy (non-hydrogen) atoms. The van der Waals surface area contributed by atoms with Crippen molar-refractivity contribution in [3.8, 4) is 34.3 Å². The summed E-state index contributed by atoms with van der Waals surface area (Å²) in [5.74, 6) is 2.48. The Morgan fingerprint density at radius 2 is 1.75 bits per heavy atom. The van der Waals surface area contributed by atoms with Gasteiger partial charge in [-0.3, -0.25) is 0 Å². The van der Waals surface area contributed by atoms with E-state index < -0.39 is 5.69 Å². The SMILES string of the molecule is O=c1nc(-c2ccc3c(c2)OCCO3)c2ccc3c(c2[nH]1)OCO3. The number of nitrogens with zero attached hydrogens (tertiary/aromatic N) is 1. The minimum Gasteiger partial charge on any atom is -0.486 e. The van der Waals surface area contributed by atoms with E-state index >= 15 is 0 Å². The maximum Gasteiger partial charge on any atom is 0.346 e. The molecule has 0 unspecified atom stereocenters. The highest BCUT2D eigenvalue weighted by Crippen LogP contribution is 2.41. The molecular weight excluding hydrogens is 312 g/mol. The molecule has 2 aliphatic rings. The molecule has 0 saturated carbocycles. The van der Waals surface area contributed by atoms with Crippen LogP contribution in [0.3, 0.4) is 0 Å². The Hall–Kier alpha value is -3.22. The van der Waals surface area contributed by atoms with Gasteiger partial charge < -0.3 is 23.9 Å². The lowest BCUT2D eigenvalue weighted by molar-refractivity contribution is 0.171. The first kappa shape index (κ1) is 13.2. The van der Waals surface area contributed by atoms with Crippen molar-refractivity contribution in [2.24, 2.45) is 0 Å². The van der Waals surface area contributed by atoms with Gasteiger partial charge in [0.15, 0.2) is 23.0 Å². The minimum atomic E-state index is -0.448. The van der Waals surface area contributed by atoms with Gasteiger partial charge in [0.2, 0.25) is 6.79 Å². The van der Waals surface area contributed by atoms with Gasteiger partial charge in [0.05, 0.1) is 11.2 Å². The number of fused-ring (bicyclic) bond motifs is 4. The maximum absolute atomic E-state index is 12.0. The second-order valence-electron chi connectivity index (χ2n) is 5.47. The van der Waals surface area contributed by atoms with E-state index in [2.05, 4.69) is 9.97 Å². The van der Waals surface area contributed by atoms with Crippen LogP contribution >= 0.6 is 0 Å². The van der Waals surface area contributed by atoms with Gasteiger partial charge in [-0.25, -0.2) is 4.79 Å². The molecule has 0 bridgehead atoms. The molecule has 3 heterocycles. The number of nitrogens with one attached hydrogen (secondary N) is 1. The van der Waals surface area contributed by atoms with Crippen LogP contribution in [-0.2, 0) is 0 Å². The lowest BCUT2D eigenvalue weighted by Crippen LogP contribution is -2.15. The first-order valence-electron chi connectivity index (χ1n) is 7.52. The van der Waals surface area contributed by atoms with E-state index in [-0.39, 0.29) is 6.79 Å². The number of ether oxygens (including phenoxy) is 4. The van der Waals surface area contributed by atoms with E-state index in [1.807, 2.05) is 30.3 Å². The van der Waals surface area contributed by atoms with Crippen molar-refractivity contribution < 1.29 is 18.9 Å². The summed E-state index contributed by atoms with van der Waals surface area (Å²) < 4.78 is 22.0. The summed E-state index contributed by atoms with van der Waals surface area (Å²) >= 11 is 0. The highest BCUT2D eigenvalue weighted by Gasteiger charge is 2.21. The van der Waals surface area contributed by atoms with Crippen LogP contribution in [0.25, 0.3) is 22.2 Å². The highest BCUT2D eigenvalue weighted by molar-refractivity contribution is 5.97. The topological polar surface area (TPSA) is 82.7 Å². The molecule has 3 aromatic rings. The highest BCUT2D eigenvalue weighted by atomic mass is 16.7. The smallest absolute Gasteiger partial charge is 0.346 e. The van der Waals surface area contributed by atoms with Gasteiger partial charge >= 0.3 is 5.69 Å². The Bertz CT molecular complexity index is 1030. The van der Waals surface area contributed by atoms with Crippen LogP contribution in [0.15, 0.2) is 35.1 Å². The maximum atomic E-state index is 12.0. The second-order valence-corrected chi connectivity index (χ2v) is 5.47. The van der Waals surface area contributed by atoms with Crippen LogP contribution in [0.2, 0.25) is 0 Å². The van der Waals surface area contributed by atoms with E-state index in [0.717, 1.165) is 10.9 Å². The molecule has 0 atom stereocenters. The number of aromatic nitrogens is 2. The molecule has 1 aromatic heterocycles. The second kappa shape index (κ2) is 4.89. The summed E-state index contributed by atoms with van der Waals surface area (Å²) in [4.78, 5) is 18.9. The average molecular weight is 324 g/mol. The molecule has 0 aliphatic carbocycles. The van der Waals surface area contributed by atoms with Crippen molar-refractivity contribution in [3.63, 3.8) is 0 Å². The van der Waals surface area contributed by atoms with Crippen LogP contribution in [0.1, 0.15) is 0 Å². The van der Waals surface area contributed by atoms with Crippen molar-refractivity contribution in [2.45, 2.75) is 0 Å². The molecule has 1 N–H and O–H groups in total. The van der Waals surface area contributed by atoms with E-state index in [9.17, 15) is 4.79 Å². The Morgan fingerprint density at radius 1 is 0.917 bits per heavy atom. The number of benzene rings is 2. The van der Waals surface area contributed by atoms with E-state index in [0.29, 0.717) is 47.4 Å². The van der Waals surface area contributed by atoms with Crippen molar-refractivity contribution in [2.75, 3.05) is 20.0 Å². The third-order valence-electron chi connectivity index (χ3n) is 4.06. The molecule has 2 aromatic carbocycles. The number of rotatable bonds is 1. The third kappa shape index (κ3) is 1.91. The van der Waals surface area contributed by atoms with Crippen LogP contribution in [0.4, 0.5) is 0 Å². The third-order valence-corrected chi connectivity index (χ3v) is 4.06. The number of hydrogen-bond acceptors (Lipinski definition) is 6. The van der Waals surface area contributed by atoms with Gasteiger partial charge in [-0.05, 0) is 30.3 Å². The number of H-pyrrole nitrogens is 1. The van der Waals surface area contributed by atoms with Gasteiger partial charge in [-0.2, -0.15) is 4.98 Å². The fraction of sp³-hybridized carbons (Fsp3) is 0.176. The fourth-order valence-corrected chi connectivity index (χ4v) is 3.00. The van der Waals surface area contributed by atoms with Crippen molar-refractivity contribution in [3.05, 3.63) is 40.8 Å². The molecule has 120 valence electrons. The Kier molecular flexibility index (Phi) is 2.70. The zero-order valence-corrected chi connectivity index (χ0v) is 12.5. The predicted molar refractivity (Wildman–Crippen MR) is 84.9 cm³/mol. The van der Waals surface area contributed by atoms with Gasteiger partial charge in [0, 0.05) is 10.9 Å². The molecule has 7 heteroatoms. The monoisotopic (exact) mass is 324 g/mol. The summed E-state index contributed by atoms with van der Waals surface area (Å²) in [7, 11) is 0. The Morgan fingerprint density at radius 3 is 2.67 bits per heavy atom.